The second-order valence-corrected chi connectivity index (χ2v) is 3.82. The molecule has 2 N–H and O–H groups in total. The van der Waals surface area contributed by atoms with Crippen molar-refractivity contribution in [3.8, 4) is 6.07 Å². The number of halogens is 1. The largest absolute Gasteiger partial charge is 0.381 e. The molecule has 5 heteroatoms. The molecule has 0 aliphatic rings. The first-order chi connectivity index (χ1) is 7.34. The Hall–Kier alpha value is -1.93. The maximum absolute atomic E-state index is 13.0. The fraction of sp³-hybridized carbons (Fsp3) is 0.273. The van der Waals surface area contributed by atoms with Crippen LogP contribution in [0.3, 0.4) is 0 Å². The number of nitriles is 1. The second kappa shape index (κ2) is 4.29. The van der Waals surface area contributed by atoms with E-state index in [2.05, 4.69) is 5.32 Å². The van der Waals surface area contributed by atoms with Gasteiger partial charge in [-0.05, 0) is 32.0 Å². The van der Waals surface area contributed by atoms with Crippen LogP contribution in [0.1, 0.15) is 19.4 Å². The van der Waals surface area contributed by atoms with Crippen molar-refractivity contribution < 1.29 is 14.3 Å². The summed E-state index contributed by atoms with van der Waals surface area (Å²) in [4.78, 5) is 11.4. The van der Waals surface area contributed by atoms with Crippen LogP contribution >= 0.6 is 0 Å². The molecule has 0 heterocycles. The average molecular weight is 222 g/mol. The molecule has 0 saturated carbocycles. The van der Waals surface area contributed by atoms with Gasteiger partial charge in [0.05, 0.1) is 5.56 Å². The molecule has 0 fully saturated rings. The lowest BCUT2D eigenvalue weighted by Gasteiger charge is -2.16. The molecule has 16 heavy (non-hydrogen) atoms. The smallest absolute Gasteiger partial charge is 0.255 e. The number of hydrogen-bond donors (Lipinski definition) is 2. The minimum atomic E-state index is -1.53. The van der Waals surface area contributed by atoms with Gasteiger partial charge < -0.3 is 10.4 Å². The van der Waals surface area contributed by atoms with E-state index in [9.17, 15) is 14.3 Å². The van der Waals surface area contributed by atoms with E-state index in [0.717, 1.165) is 6.07 Å². The van der Waals surface area contributed by atoms with E-state index >= 15 is 0 Å². The van der Waals surface area contributed by atoms with Crippen molar-refractivity contribution in [1.82, 2.24) is 0 Å². The van der Waals surface area contributed by atoms with Crippen molar-refractivity contribution in [2.75, 3.05) is 5.32 Å². The molecule has 1 aromatic carbocycles. The highest BCUT2D eigenvalue weighted by Crippen LogP contribution is 2.15. The summed E-state index contributed by atoms with van der Waals surface area (Å²) in [6.07, 6.45) is 0. The van der Waals surface area contributed by atoms with E-state index in [1.165, 1.54) is 26.0 Å². The van der Waals surface area contributed by atoms with Gasteiger partial charge in [0.15, 0.2) is 0 Å². The van der Waals surface area contributed by atoms with E-state index in [4.69, 9.17) is 5.26 Å². The Morgan fingerprint density at radius 2 is 2.19 bits per heavy atom. The lowest BCUT2D eigenvalue weighted by atomic mass is 10.1. The zero-order valence-corrected chi connectivity index (χ0v) is 8.91. The third kappa shape index (κ3) is 2.78. The van der Waals surface area contributed by atoms with Crippen molar-refractivity contribution >= 4 is 11.6 Å². The second-order valence-electron chi connectivity index (χ2n) is 3.82. The Balaban J connectivity index is 2.92. The number of carbonyl (C=O) groups excluding carboxylic acids is 1. The number of hydrogen-bond acceptors (Lipinski definition) is 3. The molecule has 0 radical (unpaired) electrons. The van der Waals surface area contributed by atoms with Crippen LogP contribution in [0.2, 0.25) is 0 Å². The molecule has 1 aromatic rings. The fourth-order valence-corrected chi connectivity index (χ4v) is 0.973. The zero-order chi connectivity index (χ0) is 12.3. The van der Waals surface area contributed by atoms with Gasteiger partial charge in [-0.15, -0.1) is 0 Å². The summed E-state index contributed by atoms with van der Waals surface area (Å²) in [7, 11) is 0. The van der Waals surface area contributed by atoms with Crippen LogP contribution in [0.4, 0.5) is 10.1 Å². The third-order valence-corrected chi connectivity index (χ3v) is 1.90. The van der Waals surface area contributed by atoms with Gasteiger partial charge in [0, 0.05) is 5.69 Å². The highest BCUT2D eigenvalue weighted by atomic mass is 19.1. The Bertz CT molecular complexity index is 458. The van der Waals surface area contributed by atoms with Crippen LogP contribution in [-0.2, 0) is 4.79 Å². The summed E-state index contributed by atoms with van der Waals surface area (Å²) in [5.41, 5.74) is -1.42. The molecular weight excluding hydrogens is 211 g/mol. The van der Waals surface area contributed by atoms with E-state index in [1.54, 1.807) is 6.07 Å². The summed E-state index contributed by atoms with van der Waals surface area (Å²) in [6, 6.07) is 5.27. The molecule has 0 aliphatic carbocycles. The quantitative estimate of drug-likeness (QED) is 0.794. The molecule has 0 bridgehead atoms. The van der Waals surface area contributed by atoms with E-state index in [-0.39, 0.29) is 11.3 Å². The lowest BCUT2D eigenvalue weighted by Crippen LogP contribution is -2.36. The number of nitrogens with zero attached hydrogens (tertiary/aromatic N) is 1. The van der Waals surface area contributed by atoms with Crippen LogP contribution in [0.15, 0.2) is 18.2 Å². The topological polar surface area (TPSA) is 73.1 Å². The van der Waals surface area contributed by atoms with Crippen LogP contribution in [0, 0.1) is 17.1 Å². The van der Waals surface area contributed by atoms with Crippen molar-refractivity contribution in [2.24, 2.45) is 0 Å². The first kappa shape index (κ1) is 12.1. The molecule has 1 rings (SSSR count). The predicted octanol–water partition coefficient (Wildman–Crippen LogP) is 1.41. The maximum atomic E-state index is 13.0. The van der Waals surface area contributed by atoms with Crippen molar-refractivity contribution in [3.63, 3.8) is 0 Å². The SMILES string of the molecule is CC(C)(O)C(=O)Nc1ccc(F)c(C#N)c1. The number of anilines is 1. The fourth-order valence-electron chi connectivity index (χ4n) is 0.973. The minimum Gasteiger partial charge on any atom is -0.381 e. The van der Waals surface area contributed by atoms with Crippen molar-refractivity contribution in [1.29, 1.82) is 5.26 Å². The normalized spacial score (nSPS) is 10.7. The van der Waals surface area contributed by atoms with Crippen LogP contribution < -0.4 is 5.32 Å². The Labute approximate surface area is 92.3 Å². The van der Waals surface area contributed by atoms with Gasteiger partial charge in [0.25, 0.3) is 5.91 Å². The van der Waals surface area contributed by atoms with Crippen LogP contribution in [-0.4, -0.2) is 16.6 Å². The summed E-state index contributed by atoms with van der Waals surface area (Å²) in [5, 5.41) is 20.3. The van der Waals surface area contributed by atoms with E-state index in [1.807, 2.05) is 0 Å². The summed E-state index contributed by atoms with van der Waals surface area (Å²) < 4.78 is 13.0. The third-order valence-electron chi connectivity index (χ3n) is 1.90. The molecule has 0 unspecified atom stereocenters. The Morgan fingerprint density at radius 1 is 1.56 bits per heavy atom. The van der Waals surface area contributed by atoms with Gasteiger partial charge in [-0.3, -0.25) is 4.79 Å². The maximum Gasteiger partial charge on any atom is 0.255 e. The standard InChI is InChI=1S/C11H11FN2O2/c1-11(2,16)10(15)14-8-3-4-9(12)7(5-8)6-13/h3-5,16H,1-2H3,(H,14,15). The number of benzene rings is 1. The number of carbonyl (C=O) groups is 1. The van der Waals surface area contributed by atoms with E-state index < -0.39 is 17.3 Å². The highest BCUT2D eigenvalue weighted by molar-refractivity contribution is 5.96. The van der Waals surface area contributed by atoms with Gasteiger partial charge in [0.1, 0.15) is 17.5 Å². The monoisotopic (exact) mass is 222 g/mol. The van der Waals surface area contributed by atoms with Gasteiger partial charge in [-0.1, -0.05) is 0 Å². The molecule has 0 saturated heterocycles. The number of nitrogens with one attached hydrogen (secondary N) is 1. The molecule has 0 aromatic heterocycles. The van der Waals surface area contributed by atoms with E-state index in [0.29, 0.717) is 0 Å². The summed E-state index contributed by atoms with van der Waals surface area (Å²) >= 11 is 0. The Kier molecular flexibility index (Phi) is 3.25. The van der Waals surface area contributed by atoms with Gasteiger partial charge >= 0.3 is 0 Å². The van der Waals surface area contributed by atoms with Crippen molar-refractivity contribution in [3.05, 3.63) is 29.6 Å². The number of aliphatic hydroxyl groups is 1. The molecule has 84 valence electrons. The zero-order valence-electron chi connectivity index (χ0n) is 8.91. The number of rotatable bonds is 2. The van der Waals surface area contributed by atoms with Crippen molar-refractivity contribution in [2.45, 2.75) is 19.4 Å². The molecule has 0 spiro atoms. The summed E-state index contributed by atoms with van der Waals surface area (Å²) in [5.74, 6) is -1.27. The first-order valence-corrected chi connectivity index (χ1v) is 4.58. The van der Waals surface area contributed by atoms with Gasteiger partial charge in [-0.2, -0.15) is 5.26 Å². The summed E-state index contributed by atoms with van der Waals surface area (Å²) in [6.45, 7) is 2.66. The molecule has 0 atom stereocenters. The average Bonchev–Trinajstić information content (AvgIpc) is 2.19. The lowest BCUT2D eigenvalue weighted by molar-refractivity contribution is -0.130. The van der Waals surface area contributed by atoms with Gasteiger partial charge in [0.2, 0.25) is 0 Å². The number of amides is 1. The van der Waals surface area contributed by atoms with Crippen LogP contribution in [0.25, 0.3) is 0 Å². The molecular formula is C11H11FN2O2. The van der Waals surface area contributed by atoms with Crippen LogP contribution in [0.5, 0.6) is 0 Å². The highest BCUT2D eigenvalue weighted by Gasteiger charge is 2.23. The van der Waals surface area contributed by atoms with Gasteiger partial charge in [-0.25, -0.2) is 4.39 Å². The first-order valence-electron chi connectivity index (χ1n) is 4.58. The Morgan fingerprint density at radius 3 is 2.69 bits per heavy atom. The minimum absolute atomic E-state index is 0.159. The predicted molar refractivity (Wildman–Crippen MR) is 56.0 cm³/mol. The molecule has 0 aliphatic heterocycles. The molecule has 1 amide bonds. The molecule has 4 nitrogen and oxygen atoms in total.